The highest BCUT2D eigenvalue weighted by Crippen LogP contribution is 2.37. The molecule has 1 aromatic carbocycles. The second-order valence-corrected chi connectivity index (χ2v) is 10.3. The Balaban J connectivity index is 2.20. The van der Waals surface area contributed by atoms with Gasteiger partial charge in [0.15, 0.2) is 11.0 Å². The molecule has 3 atom stereocenters. The fourth-order valence-electron chi connectivity index (χ4n) is 2.87. The normalized spacial score (nSPS) is 22.0. The lowest BCUT2D eigenvalue weighted by molar-refractivity contribution is -0.154. The minimum atomic E-state index is -4.61. The van der Waals surface area contributed by atoms with Gasteiger partial charge in [0.1, 0.15) is 10.9 Å². The van der Waals surface area contributed by atoms with Crippen LogP contribution in [0.2, 0.25) is 0 Å². The van der Waals surface area contributed by atoms with Crippen LogP contribution in [0.15, 0.2) is 24.3 Å². The molecule has 0 amide bonds. The van der Waals surface area contributed by atoms with Gasteiger partial charge in [-0.1, -0.05) is 29.8 Å². The van der Waals surface area contributed by atoms with Crippen LogP contribution < -0.4 is 0 Å². The van der Waals surface area contributed by atoms with E-state index in [0.717, 1.165) is 5.56 Å². The zero-order valence-electron chi connectivity index (χ0n) is 15.3. The maximum atomic E-state index is 12.7. The summed E-state index contributed by atoms with van der Waals surface area (Å²) in [6.07, 6.45) is 0.168. The van der Waals surface area contributed by atoms with Crippen molar-refractivity contribution in [3.63, 3.8) is 0 Å². The Morgan fingerprint density at radius 2 is 1.81 bits per heavy atom. The van der Waals surface area contributed by atoms with Gasteiger partial charge >= 0.3 is 5.97 Å². The van der Waals surface area contributed by atoms with E-state index in [1.54, 1.807) is 45.0 Å². The molecule has 0 bridgehead atoms. The summed E-state index contributed by atoms with van der Waals surface area (Å²) in [5, 5.41) is -2.13. The van der Waals surface area contributed by atoms with Gasteiger partial charge in [-0.3, -0.25) is 14.1 Å². The van der Waals surface area contributed by atoms with Crippen LogP contribution in [0.4, 0.5) is 0 Å². The van der Waals surface area contributed by atoms with Crippen LogP contribution in [0.25, 0.3) is 0 Å². The molecule has 0 aliphatic carbocycles. The summed E-state index contributed by atoms with van der Waals surface area (Å²) in [5.41, 5.74) is 0.519. The minimum Gasteiger partial charge on any atom is -0.459 e. The minimum absolute atomic E-state index is 0.168. The number of thioether (sulfide) groups is 1. The van der Waals surface area contributed by atoms with Crippen molar-refractivity contribution in [2.75, 3.05) is 5.75 Å². The van der Waals surface area contributed by atoms with Gasteiger partial charge in [0.2, 0.25) is 0 Å². The van der Waals surface area contributed by atoms with Crippen LogP contribution in [0.1, 0.15) is 43.1 Å². The predicted octanol–water partition coefficient (Wildman–Crippen LogP) is 2.90. The first-order valence-electron chi connectivity index (χ1n) is 8.30. The van der Waals surface area contributed by atoms with E-state index in [1.807, 2.05) is 6.92 Å². The molecule has 6 nitrogen and oxygen atoms in total. The Bertz CT molecular complexity index is 777. The molecule has 3 unspecified atom stereocenters. The van der Waals surface area contributed by atoms with E-state index in [9.17, 15) is 22.6 Å². The van der Waals surface area contributed by atoms with Crippen LogP contribution in [0.3, 0.4) is 0 Å². The Kier molecular flexibility index (Phi) is 6.20. The first kappa shape index (κ1) is 20.9. The van der Waals surface area contributed by atoms with Crippen molar-refractivity contribution >= 4 is 33.6 Å². The highest BCUT2D eigenvalue weighted by atomic mass is 32.2. The summed E-state index contributed by atoms with van der Waals surface area (Å²) >= 11 is 1.26. The number of carbonyl (C=O) groups is 2. The van der Waals surface area contributed by atoms with Crippen molar-refractivity contribution in [1.29, 1.82) is 0 Å². The molecule has 1 aliphatic rings. The number of Topliss-reactive ketones (excluding diaryl/α,β-unsaturated/α-hetero) is 1. The van der Waals surface area contributed by atoms with Gasteiger partial charge in [0, 0.05) is 5.56 Å². The van der Waals surface area contributed by atoms with Crippen LogP contribution >= 0.6 is 11.8 Å². The largest absolute Gasteiger partial charge is 0.459 e. The number of ether oxygens (including phenoxy) is 1. The van der Waals surface area contributed by atoms with E-state index < -0.39 is 43.9 Å². The van der Waals surface area contributed by atoms with E-state index >= 15 is 0 Å². The zero-order valence-corrected chi connectivity index (χ0v) is 16.9. The van der Waals surface area contributed by atoms with E-state index in [4.69, 9.17) is 4.74 Å². The molecule has 1 aromatic rings. The molecule has 1 fully saturated rings. The van der Waals surface area contributed by atoms with Gasteiger partial charge in [-0.15, -0.1) is 11.8 Å². The van der Waals surface area contributed by atoms with Crippen LogP contribution in [-0.2, 0) is 19.6 Å². The average molecular weight is 401 g/mol. The van der Waals surface area contributed by atoms with Gasteiger partial charge < -0.3 is 4.74 Å². The lowest BCUT2D eigenvalue weighted by atomic mass is 9.94. The number of rotatable bonds is 5. The molecule has 0 radical (unpaired) electrons. The number of esters is 1. The molecule has 0 aromatic heterocycles. The molecule has 144 valence electrons. The Labute approximate surface area is 158 Å². The quantitative estimate of drug-likeness (QED) is 0.461. The number of ketones is 1. The molecule has 0 saturated carbocycles. The average Bonchev–Trinajstić information content (AvgIpc) is 2.94. The monoisotopic (exact) mass is 400 g/mol. The summed E-state index contributed by atoms with van der Waals surface area (Å²) < 4.78 is 38.8. The third-order valence-corrected chi connectivity index (χ3v) is 6.69. The third kappa shape index (κ3) is 5.31. The summed E-state index contributed by atoms with van der Waals surface area (Å²) in [5.74, 6) is -1.45. The second kappa shape index (κ2) is 7.70. The molecule has 8 heteroatoms. The maximum absolute atomic E-state index is 12.7. The highest BCUT2D eigenvalue weighted by molar-refractivity contribution is 8.00. The number of hydrogen-bond acceptors (Lipinski definition) is 6. The van der Waals surface area contributed by atoms with Crippen LogP contribution in [0, 0.1) is 12.8 Å². The van der Waals surface area contributed by atoms with Gasteiger partial charge in [0.05, 0.1) is 0 Å². The van der Waals surface area contributed by atoms with Crippen molar-refractivity contribution < 1.29 is 27.3 Å². The molecular weight excluding hydrogens is 376 g/mol. The Hall–Kier alpha value is -1.38. The van der Waals surface area contributed by atoms with E-state index in [-0.39, 0.29) is 17.7 Å². The number of aryl methyl sites for hydroxylation is 1. The standard InChI is InChI=1S/C18H24O6S2/c1-11-5-7-12(8-6-11)15(19)16(26(21,22)23)13-9-14(25-10-13)17(20)24-18(2,3)4/h5-8,13-14,16H,9-10H2,1-4H3,(H,21,22,23). The fourth-order valence-corrected chi connectivity index (χ4v) is 5.47. The molecule has 26 heavy (non-hydrogen) atoms. The molecule has 1 saturated heterocycles. The second-order valence-electron chi connectivity index (χ2n) is 7.52. The highest BCUT2D eigenvalue weighted by Gasteiger charge is 2.45. The molecular formula is C18H24O6S2. The molecule has 2 rings (SSSR count). The van der Waals surface area contributed by atoms with E-state index in [0.29, 0.717) is 0 Å². The number of carbonyl (C=O) groups excluding carboxylic acids is 2. The lowest BCUT2D eigenvalue weighted by Crippen LogP contribution is -2.38. The fraction of sp³-hybridized carbons (Fsp3) is 0.556. The predicted molar refractivity (Wildman–Crippen MR) is 101 cm³/mol. The Morgan fingerprint density at radius 3 is 2.31 bits per heavy atom. The van der Waals surface area contributed by atoms with Crippen LogP contribution in [0.5, 0.6) is 0 Å². The number of hydrogen-bond donors (Lipinski definition) is 1. The smallest absolute Gasteiger partial charge is 0.319 e. The van der Waals surface area contributed by atoms with Gasteiger partial charge in [-0.2, -0.15) is 8.42 Å². The first-order valence-corrected chi connectivity index (χ1v) is 10.9. The zero-order chi connectivity index (χ0) is 19.7. The summed E-state index contributed by atoms with van der Waals surface area (Å²) in [6.45, 7) is 7.12. The van der Waals surface area contributed by atoms with Gasteiger partial charge in [-0.25, -0.2) is 0 Å². The van der Waals surface area contributed by atoms with Crippen molar-refractivity contribution in [1.82, 2.24) is 0 Å². The van der Waals surface area contributed by atoms with Crippen LogP contribution in [-0.4, -0.2) is 46.6 Å². The maximum Gasteiger partial charge on any atom is 0.319 e. The molecule has 1 N–H and O–H groups in total. The van der Waals surface area contributed by atoms with Crippen molar-refractivity contribution in [2.45, 2.75) is 50.2 Å². The molecule has 1 aliphatic heterocycles. The Morgan fingerprint density at radius 1 is 1.23 bits per heavy atom. The lowest BCUT2D eigenvalue weighted by Gasteiger charge is -2.22. The van der Waals surface area contributed by atoms with E-state index in [1.165, 1.54) is 11.8 Å². The van der Waals surface area contributed by atoms with E-state index in [2.05, 4.69) is 0 Å². The molecule has 1 heterocycles. The number of benzene rings is 1. The first-order chi connectivity index (χ1) is 11.9. The SMILES string of the molecule is Cc1ccc(C(=O)C(C2CSC(C(=O)OC(C)(C)C)C2)S(=O)(=O)O)cc1. The van der Waals surface area contributed by atoms with Gasteiger partial charge in [0.25, 0.3) is 10.1 Å². The summed E-state index contributed by atoms with van der Waals surface area (Å²) in [4.78, 5) is 24.9. The topological polar surface area (TPSA) is 97.7 Å². The van der Waals surface area contributed by atoms with Crippen molar-refractivity contribution in [3.8, 4) is 0 Å². The van der Waals surface area contributed by atoms with Crippen molar-refractivity contribution in [3.05, 3.63) is 35.4 Å². The third-order valence-electron chi connectivity index (χ3n) is 4.04. The van der Waals surface area contributed by atoms with Gasteiger partial charge in [-0.05, 0) is 45.8 Å². The summed E-state index contributed by atoms with van der Waals surface area (Å²) in [6, 6.07) is 6.51. The molecule has 0 spiro atoms. The van der Waals surface area contributed by atoms with Crippen molar-refractivity contribution in [2.24, 2.45) is 5.92 Å². The summed E-state index contributed by atoms with van der Waals surface area (Å²) in [7, 11) is -4.61.